The van der Waals surface area contributed by atoms with Crippen molar-refractivity contribution in [2.75, 3.05) is 32.1 Å². The molecule has 6 nitrogen and oxygen atoms in total. The lowest BCUT2D eigenvalue weighted by atomic mass is 9.92. The van der Waals surface area contributed by atoms with Gasteiger partial charge in [0.15, 0.2) is 0 Å². The Morgan fingerprint density at radius 3 is 3.07 bits per heavy atom. The number of benzene rings is 1. The van der Waals surface area contributed by atoms with Crippen molar-refractivity contribution in [2.24, 2.45) is 5.92 Å². The van der Waals surface area contributed by atoms with Crippen molar-refractivity contribution in [1.29, 1.82) is 0 Å². The number of likely N-dealkylation sites (N-methyl/N-ethyl adjacent to an activating group) is 1. The minimum atomic E-state index is 0.386. The topological polar surface area (TPSA) is 57.3 Å². The van der Waals surface area contributed by atoms with Gasteiger partial charge in [-0.1, -0.05) is 19.1 Å². The molecule has 1 aromatic carbocycles. The van der Waals surface area contributed by atoms with E-state index in [1.165, 1.54) is 12.0 Å². The minimum Gasteiger partial charge on any atom is -0.497 e. The van der Waals surface area contributed by atoms with Crippen LogP contribution < -0.4 is 9.64 Å². The van der Waals surface area contributed by atoms with Crippen LogP contribution in [0.3, 0.4) is 0 Å². The Bertz CT molecular complexity index is 908. The van der Waals surface area contributed by atoms with Crippen molar-refractivity contribution in [1.82, 2.24) is 19.9 Å². The zero-order valence-corrected chi connectivity index (χ0v) is 16.2. The Balaban J connectivity index is 1.49. The molecule has 1 aliphatic heterocycles. The van der Waals surface area contributed by atoms with Gasteiger partial charge >= 0.3 is 0 Å². The molecule has 1 fully saturated rings. The number of hydrogen-bond acceptors (Lipinski definition) is 5. The highest BCUT2D eigenvalue weighted by Crippen LogP contribution is 2.26. The van der Waals surface area contributed by atoms with Crippen molar-refractivity contribution >= 4 is 17.0 Å². The van der Waals surface area contributed by atoms with Crippen molar-refractivity contribution in [2.45, 2.75) is 25.9 Å². The highest BCUT2D eigenvalue weighted by atomic mass is 16.5. The van der Waals surface area contributed by atoms with Crippen LogP contribution in [-0.2, 0) is 6.54 Å². The van der Waals surface area contributed by atoms with Gasteiger partial charge in [0.1, 0.15) is 11.4 Å². The predicted octanol–water partition coefficient (Wildman–Crippen LogP) is 3.31. The monoisotopic (exact) mass is 365 g/mol. The SMILES string of the molecule is COc1cccc(CN2CCC(C)C(N(C)c3ncc4cc[nH]c4n3)C2)c1. The second-order valence-electron chi connectivity index (χ2n) is 7.48. The van der Waals surface area contributed by atoms with Crippen LogP contribution in [0, 0.1) is 5.92 Å². The van der Waals surface area contributed by atoms with Gasteiger partial charge in [-0.25, -0.2) is 4.98 Å². The number of likely N-dealkylation sites (tertiary alicyclic amines) is 1. The maximum Gasteiger partial charge on any atom is 0.227 e. The number of anilines is 1. The maximum absolute atomic E-state index is 5.36. The number of piperidine rings is 1. The second-order valence-corrected chi connectivity index (χ2v) is 7.48. The minimum absolute atomic E-state index is 0.386. The Hall–Kier alpha value is -2.60. The molecule has 3 heterocycles. The molecule has 1 saturated heterocycles. The average molecular weight is 365 g/mol. The van der Waals surface area contributed by atoms with Crippen molar-refractivity contribution < 1.29 is 4.74 Å². The molecule has 6 heteroatoms. The van der Waals surface area contributed by atoms with Gasteiger partial charge < -0.3 is 14.6 Å². The molecule has 0 amide bonds. The third-order valence-electron chi connectivity index (χ3n) is 5.64. The molecule has 0 bridgehead atoms. The number of fused-ring (bicyclic) bond motifs is 1. The molecule has 0 saturated carbocycles. The van der Waals surface area contributed by atoms with E-state index in [-0.39, 0.29) is 0 Å². The lowest BCUT2D eigenvalue weighted by Crippen LogP contribution is -2.51. The average Bonchev–Trinajstić information content (AvgIpc) is 3.17. The largest absolute Gasteiger partial charge is 0.497 e. The van der Waals surface area contributed by atoms with E-state index in [0.717, 1.165) is 42.4 Å². The molecule has 0 aliphatic carbocycles. The Morgan fingerprint density at radius 2 is 2.22 bits per heavy atom. The molecule has 2 unspecified atom stereocenters. The lowest BCUT2D eigenvalue weighted by Gasteiger charge is -2.41. The van der Waals surface area contributed by atoms with Gasteiger partial charge in [0.2, 0.25) is 5.95 Å². The standard InChI is InChI=1S/C21H27N5O/c1-15-8-10-26(13-16-5-4-6-18(11-16)27-3)14-19(15)25(2)21-23-12-17-7-9-22-20(17)24-21/h4-7,9,11-12,15,19H,8,10,13-14H2,1-3H3,(H,22,23,24). The number of aromatic amines is 1. The highest BCUT2D eigenvalue weighted by Gasteiger charge is 2.30. The molecule has 2 atom stereocenters. The van der Waals surface area contributed by atoms with Crippen LogP contribution in [0.25, 0.3) is 11.0 Å². The van der Waals surface area contributed by atoms with Crippen molar-refractivity contribution in [3.8, 4) is 5.75 Å². The van der Waals surface area contributed by atoms with E-state index >= 15 is 0 Å². The fourth-order valence-electron chi connectivity index (χ4n) is 3.94. The van der Waals surface area contributed by atoms with Gasteiger partial charge in [0.25, 0.3) is 0 Å². The summed E-state index contributed by atoms with van der Waals surface area (Å²) in [6.45, 7) is 5.38. The fraction of sp³-hybridized carbons (Fsp3) is 0.429. The van der Waals surface area contributed by atoms with E-state index in [0.29, 0.717) is 12.0 Å². The van der Waals surface area contributed by atoms with Crippen LogP contribution in [0.4, 0.5) is 5.95 Å². The molecule has 0 spiro atoms. The quantitative estimate of drug-likeness (QED) is 0.752. The molecular formula is C21H27N5O. The number of ether oxygens (including phenoxy) is 1. The number of nitrogens with one attached hydrogen (secondary N) is 1. The number of aromatic nitrogens is 3. The molecule has 4 rings (SSSR count). The van der Waals surface area contributed by atoms with Crippen molar-refractivity contribution in [3.63, 3.8) is 0 Å². The Morgan fingerprint density at radius 1 is 1.33 bits per heavy atom. The van der Waals surface area contributed by atoms with Gasteiger partial charge in [-0.2, -0.15) is 4.98 Å². The summed E-state index contributed by atoms with van der Waals surface area (Å²) in [5.74, 6) is 2.30. The van der Waals surface area contributed by atoms with Crippen molar-refractivity contribution in [3.05, 3.63) is 48.3 Å². The molecular weight excluding hydrogens is 338 g/mol. The summed E-state index contributed by atoms with van der Waals surface area (Å²) in [6, 6.07) is 10.7. The fourth-order valence-corrected chi connectivity index (χ4v) is 3.94. The normalized spacial score (nSPS) is 20.7. The number of methoxy groups -OCH3 is 1. The number of H-pyrrole nitrogens is 1. The summed E-state index contributed by atoms with van der Waals surface area (Å²) in [5, 5.41) is 1.04. The zero-order chi connectivity index (χ0) is 18.8. The van der Waals surface area contributed by atoms with Crippen LogP contribution in [0.2, 0.25) is 0 Å². The van der Waals surface area contributed by atoms with Crippen LogP contribution in [0.5, 0.6) is 5.75 Å². The molecule has 1 N–H and O–H groups in total. The first-order chi connectivity index (χ1) is 13.1. The van der Waals surface area contributed by atoms with E-state index < -0.39 is 0 Å². The summed E-state index contributed by atoms with van der Waals surface area (Å²) in [4.78, 5) is 17.2. The Kier molecular flexibility index (Phi) is 4.99. The van der Waals surface area contributed by atoms with Crippen LogP contribution >= 0.6 is 0 Å². The van der Waals surface area contributed by atoms with Gasteiger partial charge in [-0.15, -0.1) is 0 Å². The van der Waals surface area contributed by atoms with E-state index in [1.807, 2.05) is 24.5 Å². The first-order valence-electron chi connectivity index (χ1n) is 9.52. The molecule has 27 heavy (non-hydrogen) atoms. The molecule has 0 radical (unpaired) electrons. The highest BCUT2D eigenvalue weighted by molar-refractivity contribution is 5.75. The molecule has 1 aliphatic rings. The maximum atomic E-state index is 5.36. The summed E-state index contributed by atoms with van der Waals surface area (Å²) >= 11 is 0. The van der Waals surface area contributed by atoms with E-state index in [1.54, 1.807) is 7.11 Å². The molecule has 3 aromatic rings. The first kappa shape index (κ1) is 17.8. The van der Waals surface area contributed by atoms with Gasteiger partial charge in [0.05, 0.1) is 7.11 Å². The Labute approximate surface area is 160 Å². The van der Waals surface area contributed by atoms with Crippen LogP contribution in [0.15, 0.2) is 42.7 Å². The van der Waals surface area contributed by atoms with E-state index in [4.69, 9.17) is 9.72 Å². The molecule has 142 valence electrons. The van der Waals surface area contributed by atoms with E-state index in [9.17, 15) is 0 Å². The summed E-state index contributed by atoms with van der Waals surface area (Å²) in [7, 11) is 3.83. The number of hydrogen-bond donors (Lipinski definition) is 1. The summed E-state index contributed by atoms with van der Waals surface area (Å²) in [6.07, 6.45) is 4.97. The van der Waals surface area contributed by atoms with Crippen LogP contribution in [-0.4, -0.2) is 53.1 Å². The lowest BCUT2D eigenvalue weighted by molar-refractivity contribution is 0.158. The zero-order valence-electron chi connectivity index (χ0n) is 16.2. The van der Waals surface area contributed by atoms with Crippen LogP contribution in [0.1, 0.15) is 18.9 Å². The molecule has 2 aromatic heterocycles. The number of nitrogens with zero attached hydrogens (tertiary/aromatic N) is 4. The third kappa shape index (κ3) is 3.76. The van der Waals surface area contributed by atoms with E-state index in [2.05, 4.69) is 51.9 Å². The van der Waals surface area contributed by atoms with Gasteiger partial charge in [0, 0.05) is 44.0 Å². The summed E-state index contributed by atoms with van der Waals surface area (Å²) in [5.41, 5.74) is 2.18. The third-order valence-corrected chi connectivity index (χ3v) is 5.64. The predicted molar refractivity (Wildman–Crippen MR) is 108 cm³/mol. The second kappa shape index (κ2) is 7.56. The summed E-state index contributed by atoms with van der Waals surface area (Å²) < 4.78 is 5.36. The first-order valence-corrected chi connectivity index (χ1v) is 9.52. The number of rotatable bonds is 5. The van der Waals surface area contributed by atoms with Gasteiger partial charge in [-0.05, 0) is 42.6 Å². The smallest absolute Gasteiger partial charge is 0.227 e. The van der Waals surface area contributed by atoms with Gasteiger partial charge in [-0.3, -0.25) is 4.90 Å².